The van der Waals surface area contributed by atoms with Gasteiger partial charge in [-0.15, -0.1) is 0 Å². The van der Waals surface area contributed by atoms with E-state index in [4.69, 9.17) is 4.52 Å². The number of hydrogen-bond acceptors (Lipinski definition) is 6. The highest BCUT2D eigenvalue weighted by atomic mass is 16.6. The minimum Gasteiger partial charge on any atom is -0.371 e. The molecule has 8 nitrogen and oxygen atoms in total. The van der Waals surface area contributed by atoms with Gasteiger partial charge in [-0.3, -0.25) is 14.9 Å². The van der Waals surface area contributed by atoms with E-state index in [0.29, 0.717) is 11.3 Å². The lowest BCUT2D eigenvalue weighted by Crippen LogP contribution is -2.27. The second-order valence-electron chi connectivity index (χ2n) is 6.14. The lowest BCUT2D eigenvalue weighted by atomic mass is 10.1. The van der Waals surface area contributed by atoms with Crippen molar-refractivity contribution in [1.29, 1.82) is 0 Å². The number of carbonyl (C=O) groups is 1. The maximum atomic E-state index is 12.7. The molecule has 0 unspecified atom stereocenters. The van der Waals surface area contributed by atoms with Gasteiger partial charge < -0.3 is 14.7 Å². The summed E-state index contributed by atoms with van der Waals surface area (Å²) in [6, 6.07) is 4.45. The molecule has 1 saturated heterocycles. The van der Waals surface area contributed by atoms with Crippen LogP contribution in [0.25, 0.3) is 0 Å². The fourth-order valence-electron chi connectivity index (χ4n) is 3.07. The Balaban J connectivity index is 1.86. The highest BCUT2D eigenvalue weighted by molar-refractivity contribution is 6.00. The molecule has 132 valence electrons. The van der Waals surface area contributed by atoms with Crippen LogP contribution in [0.15, 0.2) is 22.7 Å². The summed E-state index contributed by atoms with van der Waals surface area (Å²) in [6.07, 6.45) is 2.11. The largest absolute Gasteiger partial charge is 0.371 e. The van der Waals surface area contributed by atoms with Crippen LogP contribution in [-0.2, 0) is 6.54 Å². The van der Waals surface area contributed by atoms with E-state index in [1.54, 1.807) is 19.9 Å². The first-order valence-corrected chi connectivity index (χ1v) is 8.20. The van der Waals surface area contributed by atoms with Crippen molar-refractivity contribution in [3.8, 4) is 0 Å². The van der Waals surface area contributed by atoms with E-state index in [1.807, 2.05) is 0 Å². The van der Waals surface area contributed by atoms with Crippen molar-refractivity contribution in [2.24, 2.45) is 0 Å². The molecule has 1 amide bonds. The molecule has 1 aromatic carbocycles. The minimum atomic E-state index is -0.487. The SMILES string of the molecule is Cc1noc(C)c1CNC(=O)c1cc([N+](=O)[O-])ccc1N1CCCC1. The number of amides is 1. The zero-order valence-corrected chi connectivity index (χ0v) is 14.2. The molecule has 0 aliphatic carbocycles. The number of nitro groups is 1. The van der Waals surface area contributed by atoms with Gasteiger partial charge in [-0.05, 0) is 32.8 Å². The molecule has 8 heteroatoms. The second-order valence-corrected chi connectivity index (χ2v) is 6.14. The fourth-order valence-corrected chi connectivity index (χ4v) is 3.07. The molecular formula is C17H20N4O4. The summed E-state index contributed by atoms with van der Waals surface area (Å²) >= 11 is 0. The Morgan fingerprint density at radius 2 is 2.08 bits per heavy atom. The zero-order chi connectivity index (χ0) is 18.0. The Kier molecular flexibility index (Phi) is 4.69. The van der Waals surface area contributed by atoms with Crippen LogP contribution in [0, 0.1) is 24.0 Å². The molecule has 0 saturated carbocycles. The maximum Gasteiger partial charge on any atom is 0.270 e. The van der Waals surface area contributed by atoms with Crippen LogP contribution < -0.4 is 10.2 Å². The van der Waals surface area contributed by atoms with Crippen molar-refractivity contribution in [2.45, 2.75) is 33.2 Å². The molecule has 0 radical (unpaired) electrons. The first kappa shape index (κ1) is 16.9. The van der Waals surface area contributed by atoms with Gasteiger partial charge in [0.15, 0.2) is 0 Å². The molecular weight excluding hydrogens is 324 g/mol. The molecule has 1 aliphatic heterocycles. The molecule has 0 spiro atoms. The molecule has 2 heterocycles. The van der Waals surface area contributed by atoms with Crippen LogP contribution in [-0.4, -0.2) is 29.1 Å². The Bertz CT molecular complexity index is 789. The Hall–Kier alpha value is -2.90. The van der Waals surface area contributed by atoms with Crippen molar-refractivity contribution >= 4 is 17.3 Å². The highest BCUT2D eigenvalue weighted by Crippen LogP contribution is 2.28. The Morgan fingerprint density at radius 1 is 1.36 bits per heavy atom. The molecule has 0 atom stereocenters. The number of hydrogen-bond donors (Lipinski definition) is 1. The predicted molar refractivity (Wildman–Crippen MR) is 91.7 cm³/mol. The van der Waals surface area contributed by atoms with Gasteiger partial charge in [-0.1, -0.05) is 5.16 Å². The predicted octanol–water partition coefficient (Wildman–Crippen LogP) is 2.73. The van der Waals surface area contributed by atoms with Crippen LogP contribution in [0.2, 0.25) is 0 Å². The van der Waals surface area contributed by atoms with Gasteiger partial charge in [0.2, 0.25) is 0 Å². The lowest BCUT2D eigenvalue weighted by molar-refractivity contribution is -0.384. The summed E-state index contributed by atoms with van der Waals surface area (Å²) in [5.74, 6) is 0.308. The van der Waals surface area contributed by atoms with Crippen molar-refractivity contribution in [3.63, 3.8) is 0 Å². The molecule has 25 heavy (non-hydrogen) atoms. The molecule has 3 rings (SSSR count). The number of non-ortho nitro benzene ring substituents is 1. The van der Waals surface area contributed by atoms with Crippen molar-refractivity contribution in [1.82, 2.24) is 10.5 Å². The Labute approximate surface area is 144 Å². The van der Waals surface area contributed by atoms with Gasteiger partial charge in [-0.25, -0.2) is 0 Å². The number of aromatic nitrogens is 1. The summed E-state index contributed by atoms with van der Waals surface area (Å²) in [6.45, 7) is 5.55. The molecule has 1 N–H and O–H groups in total. The average Bonchev–Trinajstić information content (AvgIpc) is 3.23. The number of carbonyl (C=O) groups excluding carboxylic acids is 1. The molecule has 2 aromatic rings. The van der Waals surface area contributed by atoms with Gasteiger partial charge in [0, 0.05) is 37.3 Å². The first-order chi connectivity index (χ1) is 12.0. The van der Waals surface area contributed by atoms with Gasteiger partial charge >= 0.3 is 0 Å². The van der Waals surface area contributed by atoms with Gasteiger partial charge in [0.1, 0.15) is 5.76 Å². The van der Waals surface area contributed by atoms with Crippen molar-refractivity contribution < 1.29 is 14.2 Å². The third-order valence-corrected chi connectivity index (χ3v) is 4.49. The van der Waals surface area contributed by atoms with Crippen LogP contribution in [0.3, 0.4) is 0 Å². The number of nitrogens with one attached hydrogen (secondary N) is 1. The zero-order valence-electron chi connectivity index (χ0n) is 14.2. The second kappa shape index (κ2) is 6.92. The van der Waals surface area contributed by atoms with E-state index in [2.05, 4.69) is 15.4 Å². The molecule has 1 fully saturated rings. The van der Waals surface area contributed by atoms with Crippen LogP contribution >= 0.6 is 0 Å². The summed E-state index contributed by atoms with van der Waals surface area (Å²) in [4.78, 5) is 25.4. The summed E-state index contributed by atoms with van der Waals surface area (Å²) in [7, 11) is 0. The van der Waals surface area contributed by atoms with E-state index < -0.39 is 4.92 Å². The van der Waals surface area contributed by atoms with E-state index in [-0.39, 0.29) is 18.1 Å². The van der Waals surface area contributed by atoms with Crippen molar-refractivity contribution in [2.75, 3.05) is 18.0 Å². The standard InChI is InChI=1S/C17H20N4O4/c1-11-15(12(2)25-19-11)10-18-17(22)14-9-13(21(23)24)5-6-16(14)20-7-3-4-8-20/h5-6,9H,3-4,7-8,10H2,1-2H3,(H,18,22). The summed E-state index contributed by atoms with van der Waals surface area (Å²) in [5.41, 5.74) is 2.51. The number of rotatable bonds is 5. The van der Waals surface area contributed by atoms with E-state index in [1.165, 1.54) is 12.1 Å². The van der Waals surface area contributed by atoms with Gasteiger partial charge in [0.05, 0.1) is 21.9 Å². The smallest absolute Gasteiger partial charge is 0.270 e. The lowest BCUT2D eigenvalue weighted by Gasteiger charge is -2.20. The average molecular weight is 344 g/mol. The summed E-state index contributed by atoms with van der Waals surface area (Å²) < 4.78 is 5.09. The first-order valence-electron chi connectivity index (χ1n) is 8.20. The molecule has 0 bridgehead atoms. The van der Waals surface area contributed by atoms with E-state index in [9.17, 15) is 14.9 Å². The number of benzene rings is 1. The van der Waals surface area contributed by atoms with Gasteiger partial charge in [-0.2, -0.15) is 0 Å². The number of nitrogens with zero attached hydrogens (tertiary/aromatic N) is 3. The normalized spacial score (nSPS) is 13.9. The summed E-state index contributed by atoms with van der Waals surface area (Å²) in [5, 5.41) is 17.8. The van der Waals surface area contributed by atoms with Crippen LogP contribution in [0.1, 0.15) is 40.2 Å². The third-order valence-electron chi connectivity index (χ3n) is 4.49. The monoisotopic (exact) mass is 344 g/mol. The van der Waals surface area contributed by atoms with Gasteiger partial charge in [0.25, 0.3) is 11.6 Å². The maximum absolute atomic E-state index is 12.7. The quantitative estimate of drug-likeness (QED) is 0.661. The molecule has 1 aromatic heterocycles. The number of anilines is 1. The van der Waals surface area contributed by atoms with Crippen molar-refractivity contribution in [3.05, 3.63) is 50.9 Å². The molecule has 1 aliphatic rings. The minimum absolute atomic E-state index is 0.0922. The number of aryl methyl sites for hydroxylation is 2. The van der Waals surface area contributed by atoms with E-state index in [0.717, 1.165) is 42.9 Å². The highest BCUT2D eigenvalue weighted by Gasteiger charge is 2.23. The number of nitro benzene ring substituents is 1. The van der Waals surface area contributed by atoms with E-state index >= 15 is 0 Å². The van der Waals surface area contributed by atoms with Crippen LogP contribution in [0.4, 0.5) is 11.4 Å². The third kappa shape index (κ3) is 3.47. The topological polar surface area (TPSA) is 102 Å². The Morgan fingerprint density at radius 3 is 2.68 bits per heavy atom. The van der Waals surface area contributed by atoms with Crippen LogP contribution in [0.5, 0.6) is 0 Å². The fraction of sp³-hybridized carbons (Fsp3) is 0.412.